The average molecular weight is 346 g/mol. The summed E-state index contributed by atoms with van der Waals surface area (Å²) >= 11 is 0. The van der Waals surface area contributed by atoms with Crippen molar-refractivity contribution in [3.05, 3.63) is 22.0 Å². The number of amides is 1. The number of aromatic nitrogens is 2. The van der Waals surface area contributed by atoms with Gasteiger partial charge in [-0.1, -0.05) is 6.92 Å². The van der Waals surface area contributed by atoms with Crippen molar-refractivity contribution in [1.82, 2.24) is 15.1 Å². The predicted molar refractivity (Wildman–Crippen MR) is 92.0 cm³/mol. The Morgan fingerprint density at radius 3 is 2.40 bits per heavy atom. The van der Waals surface area contributed by atoms with Gasteiger partial charge < -0.3 is 5.32 Å². The molecule has 136 valence electrons. The predicted octanol–water partition coefficient (Wildman–Crippen LogP) is 3.05. The molecule has 4 bridgehead atoms. The van der Waals surface area contributed by atoms with Crippen molar-refractivity contribution >= 4 is 11.6 Å². The highest BCUT2D eigenvalue weighted by Crippen LogP contribution is 2.61. The maximum atomic E-state index is 12.8. The van der Waals surface area contributed by atoms with E-state index in [1.807, 2.05) is 0 Å². The Balaban J connectivity index is 1.57. The Labute approximate surface area is 147 Å². The number of hydrogen-bond donors (Lipinski definition) is 1. The van der Waals surface area contributed by atoms with Gasteiger partial charge in [-0.15, -0.1) is 0 Å². The molecule has 5 rings (SSSR count). The van der Waals surface area contributed by atoms with Crippen LogP contribution in [0.3, 0.4) is 0 Å². The highest BCUT2D eigenvalue weighted by atomic mass is 16.6. The molecular formula is C18H26N4O3. The summed E-state index contributed by atoms with van der Waals surface area (Å²) < 4.78 is 1.33. The van der Waals surface area contributed by atoms with E-state index in [9.17, 15) is 14.9 Å². The zero-order chi connectivity index (χ0) is 17.8. The SMILES string of the molecule is CCC(NC(=O)c1nn(C)cc1[N+](=O)[O-])C12CC3CC(CC(C3)C1)C2. The van der Waals surface area contributed by atoms with Crippen LogP contribution in [0.5, 0.6) is 0 Å². The van der Waals surface area contributed by atoms with Crippen molar-refractivity contribution in [2.24, 2.45) is 30.2 Å². The van der Waals surface area contributed by atoms with Crippen LogP contribution in [-0.2, 0) is 7.05 Å². The monoisotopic (exact) mass is 346 g/mol. The van der Waals surface area contributed by atoms with Crippen LogP contribution >= 0.6 is 0 Å². The second-order valence-electron chi connectivity index (χ2n) is 8.51. The highest BCUT2D eigenvalue weighted by molar-refractivity contribution is 5.96. The second kappa shape index (κ2) is 5.81. The van der Waals surface area contributed by atoms with Crippen LogP contribution in [0.4, 0.5) is 5.69 Å². The summed E-state index contributed by atoms with van der Waals surface area (Å²) in [4.78, 5) is 23.4. The number of nitro groups is 1. The van der Waals surface area contributed by atoms with Crippen LogP contribution < -0.4 is 5.32 Å². The fraction of sp³-hybridized carbons (Fsp3) is 0.778. The molecule has 1 atom stereocenters. The number of carbonyl (C=O) groups excluding carboxylic acids is 1. The van der Waals surface area contributed by atoms with Crippen molar-refractivity contribution in [3.8, 4) is 0 Å². The number of aryl methyl sites for hydroxylation is 1. The fourth-order valence-electron chi connectivity index (χ4n) is 6.29. The Kier molecular flexibility index (Phi) is 3.85. The molecule has 4 fully saturated rings. The Bertz CT molecular complexity index is 676. The number of nitrogens with zero attached hydrogens (tertiary/aromatic N) is 3. The van der Waals surface area contributed by atoms with Gasteiger partial charge in [-0.25, -0.2) is 0 Å². The molecule has 1 aromatic rings. The van der Waals surface area contributed by atoms with Crippen LogP contribution in [0.2, 0.25) is 0 Å². The summed E-state index contributed by atoms with van der Waals surface area (Å²) in [6, 6.07) is 0.0787. The lowest BCUT2D eigenvalue weighted by atomic mass is 9.47. The molecule has 1 N–H and O–H groups in total. The number of hydrogen-bond acceptors (Lipinski definition) is 4. The van der Waals surface area contributed by atoms with Crippen molar-refractivity contribution < 1.29 is 9.72 Å². The zero-order valence-electron chi connectivity index (χ0n) is 14.9. The van der Waals surface area contributed by atoms with E-state index in [1.54, 1.807) is 7.05 Å². The molecule has 1 amide bonds. The van der Waals surface area contributed by atoms with E-state index in [-0.39, 0.29) is 22.8 Å². The van der Waals surface area contributed by atoms with Gasteiger partial charge in [0.15, 0.2) is 0 Å². The van der Waals surface area contributed by atoms with Crippen molar-refractivity contribution in [2.75, 3.05) is 0 Å². The van der Waals surface area contributed by atoms with Gasteiger partial charge in [-0.2, -0.15) is 5.10 Å². The standard InChI is InChI=1S/C18H26N4O3/c1-3-15(18-7-11-4-12(8-18)6-13(5-11)9-18)19-17(23)16-14(22(24)25)10-21(2)20-16/h10-13,15H,3-9H2,1-2H3,(H,19,23). The smallest absolute Gasteiger partial charge is 0.320 e. The highest BCUT2D eigenvalue weighted by Gasteiger charge is 2.54. The summed E-state index contributed by atoms with van der Waals surface area (Å²) in [6.45, 7) is 2.11. The summed E-state index contributed by atoms with van der Waals surface area (Å²) in [7, 11) is 1.60. The molecule has 0 spiro atoms. The van der Waals surface area contributed by atoms with E-state index in [4.69, 9.17) is 0 Å². The average Bonchev–Trinajstić information content (AvgIpc) is 2.93. The minimum atomic E-state index is -0.534. The number of rotatable bonds is 5. The van der Waals surface area contributed by atoms with E-state index in [1.165, 1.54) is 49.4 Å². The number of nitrogens with one attached hydrogen (secondary N) is 1. The first-order chi connectivity index (χ1) is 11.9. The zero-order valence-corrected chi connectivity index (χ0v) is 14.9. The largest absolute Gasteiger partial charge is 0.347 e. The van der Waals surface area contributed by atoms with Gasteiger partial charge in [0.2, 0.25) is 5.69 Å². The Hall–Kier alpha value is -1.92. The molecule has 25 heavy (non-hydrogen) atoms. The van der Waals surface area contributed by atoms with Crippen molar-refractivity contribution in [1.29, 1.82) is 0 Å². The molecule has 0 saturated heterocycles. The lowest BCUT2D eigenvalue weighted by molar-refractivity contribution is -0.385. The first-order valence-electron chi connectivity index (χ1n) is 9.39. The maximum absolute atomic E-state index is 12.8. The lowest BCUT2D eigenvalue weighted by Crippen LogP contribution is -2.56. The molecule has 7 heteroatoms. The third-order valence-electron chi connectivity index (χ3n) is 6.76. The van der Waals surface area contributed by atoms with Crippen LogP contribution in [0.25, 0.3) is 0 Å². The van der Waals surface area contributed by atoms with Gasteiger partial charge in [0, 0.05) is 13.1 Å². The van der Waals surface area contributed by atoms with Gasteiger partial charge >= 0.3 is 5.69 Å². The van der Waals surface area contributed by atoms with Crippen LogP contribution in [-0.4, -0.2) is 26.7 Å². The molecule has 1 aromatic heterocycles. The van der Waals surface area contributed by atoms with Gasteiger partial charge in [0.1, 0.15) is 6.20 Å². The molecule has 0 aromatic carbocycles. The summed E-state index contributed by atoms with van der Waals surface area (Å²) in [5.41, 5.74) is -0.112. The summed E-state index contributed by atoms with van der Waals surface area (Å²) in [6.07, 6.45) is 9.81. The molecule has 4 aliphatic rings. The Morgan fingerprint density at radius 1 is 1.36 bits per heavy atom. The van der Waals surface area contributed by atoms with E-state index < -0.39 is 10.8 Å². The van der Waals surface area contributed by atoms with Gasteiger partial charge in [-0.05, 0) is 68.1 Å². The van der Waals surface area contributed by atoms with Gasteiger partial charge in [0.25, 0.3) is 5.91 Å². The van der Waals surface area contributed by atoms with Gasteiger partial charge in [0.05, 0.1) is 4.92 Å². The molecule has 0 radical (unpaired) electrons. The molecule has 7 nitrogen and oxygen atoms in total. The minimum absolute atomic E-state index is 0.0734. The van der Waals surface area contributed by atoms with Crippen LogP contribution in [0.15, 0.2) is 6.20 Å². The van der Waals surface area contributed by atoms with E-state index in [0.29, 0.717) is 0 Å². The van der Waals surface area contributed by atoms with E-state index in [0.717, 1.165) is 24.2 Å². The van der Waals surface area contributed by atoms with E-state index in [2.05, 4.69) is 17.3 Å². The lowest BCUT2D eigenvalue weighted by Gasteiger charge is -2.59. The van der Waals surface area contributed by atoms with Crippen LogP contribution in [0, 0.1) is 33.3 Å². The number of carbonyl (C=O) groups is 1. The normalized spacial score (nSPS) is 34.1. The fourth-order valence-corrected chi connectivity index (χ4v) is 6.29. The van der Waals surface area contributed by atoms with Crippen LogP contribution in [0.1, 0.15) is 62.4 Å². The molecule has 0 aliphatic heterocycles. The quantitative estimate of drug-likeness (QED) is 0.655. The Morgan fingerprint density at radius 2 is 1.92 bits per heavy atom. The molecule has 4 saturated carbocycles. The first kappa shape index (κ1) is 16.5. The summed E-state index contributed by atoms with van der Waals surface area (Å²) in [5, 5.41) is 18.3. The van der Waals surface area contributed by atoms with E-state index >= 15 is 0 Å². The van der Waals surface area contributed by atoms with Gasteiger partial charge in [-0.3, -0.25) is 19.6 Å². The minimum Gasteiger partial charge on any atom is -0.347 e. The maximum Gasteiger partial charge on any atom is 0.320 e. The van der Waals surface area contributed by atoms with Crippen molar-refractivity contribution in [2.45, 2.75) is 57.9 Å². The third kappa shape index (κ3) is 2.73. The topological polar surface area (TPSA) is 90.1 Å². The summed E-state index contributed by atoms with van der Waals surface area (Å²) in [5.74, 6) is 2.01. The third-order valence-corrected chi connectivity index (χ3v) is 6.76. The first-order valence-corrected chi connectivity index (χ1v) is 9.39. The second-order valence-corrected chi connectivity index (χ2v) is 8.51. The van der Waals surface area contributed by atoms with Crippen molar-refractivity contribution in [3.63, 3.8) is 0 Å². The molecule has 1 unspecified atom stereocenters. The molecule has 4 aliphatic carbocycles. The molecule has 1 heterocycles. The molecular weight excluding hydrogens is 320 g/mol.